The van der Waals surface area contributed by atoms with Crippen molar-refractivity contribution in [1.29, 1.82) is 0 Å². The van der Waals surface area contributed by atoms with Gasteiger partial charge in [-0.25, -0.2) is 0 Å². The minimum Gasteiger partial charge on any atom is -0.496 e. The topological polar surface area (TPSA) is 29.5 Å². The molecule has 0 radical (unpaired) electrons. The van der Waals surface area contributed by atoms with Gasteiger partial charge in [0.05, 0.1) is 13.2 Å². The zero-order valence-electron chi connectivity index (χ0n) is 12.8. The van der Waals surface area contributed by atoms with Gasteiger partial charge in [0.25, 0.3) is 0 Å². The number of hydrogen-bond donors (Lipinski definition) is 1. The monoisotopic (exact) mass is 292 g/mol. The van der Waals surface area contributed by atoms with Crippen molar-refractivity contribution in [3.8, 4) is 5.75 Å². The molecule has 0 bridgehead atoms. The van der Waals surface area contributed by atoms with Crippen molar-refractivity contribution in [2.24, 2.45) is 0 Å². The molecule has 1 atom stereocenters. The number of aliphatic hydroxyl groups is 1. The number of ether oxygens (including phenoxy) is 1. The van der Waals surface area contributed by atoms with E-state index in [-0.39, 0.29) is 6.10 Å². The molecule has 0 unspecified atom stereocenters. The van der Waals surface area contributed by atoms with Gasteiger partial charge in [0.15, 0.2) is 0 Å². The average Bonchev–Trinajstić information content (AvgIpc) is 2.98. The number of rotatable bonds is 3. The molecule has 0 saturated heterocycles. The zero-order chi connectivity index (χ0) is 15.4. The summed E-state index contributed by atoms with van der Waals surface area (Å²) in [7, 11) is 1.68. The first-order valence-corrected chi connectivity index (χ1v) is 7.66. The third-order valence-electron chi connectivity index (χ3n) is 4.05. The van der Waals surface area contributed by atoms with Crippen LogP contribution < -0.4 is 4.74 Å². The van der Waals surface area contributed by atoms with Crippen LogP contribution in [0.5, 0.6) is 5.75 Å². The number of hydrogen-bond acceptors (Lipinski definition) is 2. The molecule has 112 valence electrons. The number of para-hydroxylation sites is 1. The fraction of sp³-hybridized carbons (Fsp3) is 0.250. The Labute approximate surface area is 131 Å². The van der Waals surface area contributed by atoms with Crippen molar-refractivity contribution < 1.29 is 9.84 Å². The van der Waals surface area contributed by atoms with Crippen LogP contribution in [0.2, 0.25) is 0 Å². The normalized spacial score (nSPS) is 17.2. The van der Waals surface area contributed by atoms with E-state index in [2.05, 4.69) is 17.9 Å². The van der Waals surface area contributed by atoms with Crippen LogP contribution in [0.4, 0.5) is 0 Å². The molecular formula is C20H20O2. The van der Waals surface area contributed by atoms with E-state index < -0.39 is 0 Å². The van der Waals surface area contributed by atoms with E-state index in [0.717, 1.165) is 47.3 Å². The third kappa shape index (κ3) is 2.99. The van der Waals surface area contributed by atoms with E-state index in [0.29, 0.717) is 0 Å². The van der Waals surface area contributed by atoms with Crippen LogP contribution in [0, 0.1) is 0 Å². The van der Waals surface area contributed by atoms with Crippen molar-refractivity contribution in [3.05, 3.63) is 77.0 Å². The summed E-state index contributed by atoms with van der Waals surface area (Å²) >= 11 is 0. The summed E-state index contributed by atoms with van der Waals surface area (Å²) in [5.74, 6) is 0.821. The lowest BCUT2D eigenvalue weighted by molar-refractivity contribution is 0.218. The summed E-state index contributed by atoms with van der Waals surface area (Å²) in [6.45, 7) is 0. The van der Waals surface area contributed by atoms with Crippen molar-refractivity contribution in [2.45, 2.75) is 25.4 Å². The predicted octanol–water partition coefficient (Wildman–Crippen LogP) is 4.20. The zero-order valence-corrected chi connectivity index (χ0v) is 12.8. The molecule has 1 fully saturated rings. The molecule has 1 aliphatic rings. The highest BCUT2D eigenvalue weighted by Gasteiger charge is 2.19. The van der Waals surface area contributed by atoms with Gasteiger partial charge in [0.2, 0.25) is 0 Å². The van der Waals surface area contributed by atoms with Gasteiger partial charge >= 0.3 is 0 Å². The van der Waals surface area contributed by atoms with Crippen molar-refractivity contribution in [2.75, 3.05) is 7.11 Å². The van der Waals surface area contributed by atoms with Crippen molar-refractivity contribution >= 4 is 5.57 Å². The highest BCUT2D eigenvalue weighted by atomic mass is 16.5. The first kappa shape index (κ1) is 14.6. The van der Waals surface area contributed by atoms with Crippen LogP contribution in [-0.2, 0) is 0 Å². The van der Waals surface area contributed by atoms with Crippen LogP contribution in [-0.4, -0.2) is 18.3 Å². The molecule has 2 nitrogen and oxygen atoms in total. The van der Waals surface area contributed by atoms with Gasteiger partial charge in [-0.05, 0) is 37.0 Å². The van der Waals surface area contributed by atoms with E-state index >= 15 is 0 Å². The lowest BCUT2D eigenvalue weighted by Crippen LogP contribution is -2.01. The largest absolute Gasteiger partial charge is 0.496 e. The van der Waals surface area contributed by atoms with E-state index in [1.54, 1.807) is 7.11 Å². The fourth-order valence-electron chi connectivity index (χ4n) is 2.88. The summed E-state index contributed by atoms with van der Waals surface area (Å²) in [6, 6.07) is 18.1. The first-order valence-electron chi connectivity index (χ1n) is 7.66. The van der Waals surface area contributed by atoms with Crippen molar-refractivity contribution in [1.82, 2.24) is 0 Å². The summed E-state index contributed by atoms with van der Waals surface area (Å²) in [4.78, 5) is 0. The quantitative estimate of drug-likeness (QED) is 0.859. The Bertz CT molecular complexity index is 709. The van der Waals surface area contributed by atoms with Gasteiger partial charge in [0, 0.05) is 16.7 Å². The van der Waals surface area contributed by atoms with Crippen LogP contribution in [0.15, 0.2) is 65.9 Å². The molecule has 0 heterocycles. The summed E-state index contributed by atoms with van der Waals surface area (Å²) in [5.41, 5.74) is 7.53. The minimum atomic E-state index is -0.367. The fourth-order valence-corrected chi connectivity index (χ4v) is 2.88. The lowest BCUT2D eigenvalue weighted by atomic mass is 9.96. The molecule has 0 spiro atoms. The molecule has 2 aromatic rings. The first-order chi connectivity index (χ1) is 10.8. The maximum Gasteiger partial charge on any atom is 0.127 e. The lowest BCUT2D eigenvalue weighted by Gasteiger charge is -2.11. The van der Waals surface area contributed by atoms with E-state index in [1.165, 1.54) is 0 Å². The molecule has 2 heteroatoms. The summed E-state index contributed by atoms with van der Waals surface area (Å²) < 4.78 is 5.51. The summed E-state index contributed by atoms with van der Waals surface area (Å²) in [5, 5.41) is 10.1. The van der Waals surface area contributed by atoms with E-state index in [1.807, 2.05) is 42.5 Å². The maximum absolute atomic E-state index is 10.1. The highest BCUT2D eigenvalue weighted by Crippen LogP contribution is 2.32. The SMILES string of the molecule is COc1ccccc1C(=C=C1CCC[C@H]1O)c1ccccc1. The number of aliphatic hydroxyl groups excluding tert-OH is 1. The highest BCUT2D eigenvalue weighted by molar-refractivity contribution is 5.82. The van der Waals surface area contributed by atoms with Crippen molar-refractivity contribution in [3.63, 3.8) is 0 Å². The van der Waals surface area contributed by atoms with Crippen LogP contribution in [0.25, 0.3) is 5.57 Å². The average molecular weight is 292 g/mol. The van der Waals surface area contributed by atoms with Gasteiger partial charge < -0.3 is 9.84 Å². The van der Waals surface area contributed by atoms with Gasteiger partial charge in [-0.15, -0.1) is 5.73 Å². The third-order valence-corrected chi connectivity index (χ3v) is 4.05. The molecule has 2 aromatic carbocycles. The number of benzene rings is 2. The summed E-state index contributed by atoms with van der Waals surface area (Å²) in [6.07, 6.45) is 2.40. The molecule has 22 heavy (non-hydrogen) atoms. The second-order valence-corrected chi connectivity index (χ2v) is 5.50. The maximum atomic E-state index is 10.1. The van der Waals surface area contributed by atoms with Crippen LogP contribution in [0.1, 0.15) is 30.4 Å². The second kappa shape index (κ2) is 6.65. The molecule has 3 rings (SSSR count). The second-order valence-electron chi connectivity index (χ2n) is 5.50. The Hall–Kier alpha value is -2.28. The molecule has 1 saturated carbocycles. The number of methoxy groups -OCH3 is 1. The Morgan fingerprint density at radius 2 is 1.82 bits per heavy atom. The molecule has 1 N–H and O–H groups in total. The standard InChI is InChI=1S/C20H20O2/c1-22-20-13-6-5-11-17(20)18(15-8-3-2-4-9-15)14-16-10-7-12-19(16)21/h2-6,8-9,11,13,19,21H,7,10,12H2,1H3/t14?,19-/m1/s1. The Balaban J connectivity index is 2.23. The van der Waals surface area contributed by atoms with E-state index in [4.69, 9.17) is 4.74 Å². The van der Waals surface area contributed by atoms with Crippen LogP contribution in [0.3, 0.4) is 0 Å². The molecule has 0 aromatic heterocycles. The van der Waals surface area contributed by atoms with Gasteiger partial charge in [-0.3, -0.25) is 0 Å². The van der Waals surface area contributed by atoms with Gasteiger partial charge in [-0.2, -0.15) is 0 Å². The van der Waals surface area contributed by atoms with Gasteiger partial charge in [-0.1, -0.05) is 42.5 Å². The minimum absolute atomic E-state index is 0.367. The molecule has 0 aliphatic heterocycles. The molecular weight excluding hydrogens is 272 g/mol. The Morgan fingerprint density at radius 3 is 2.50 bits per heavy atom. The van der Waals surface area contributed by atoms with E-state index in [9.17, 15) is 5.11 Å². The predicted molar refractivity (Wildman–Crippen MR) is 88.8 cm³/mol. The Morgan fingerprint density at radius 1 is 1.09 bits per heavy atom. The van der Waals surface area contributed by atoms with Gasteiger partial charge in [0.1, 0.15) is 5.75 Å². The smallest absolute Gasteiger partial charge is 0.127 e. The van der Waals surface area contributed by atoms with Crippen LogP contribution >= 0.6 is 0 Å². The molecule has 1 aliphatic carbocycles. The molecule has 0 amide bonds. The Kier molecular flexibility index (Phi) is 4.43.